The lowest BCUT2D eigenvalue weighted by molar-refractivity contribution is -0.135. The van der Waals surface area contributed by atoms with Crippen LogP contribution in [0.5, 0.6) is 0 Å². The normalized spacial score (nSPS) is 20.5. The van der Waals surface area contributed by atoms with E-state index in [4.69, 9.17) is 14.2 Å². The fourth-order valence-corrected chi connectivity index (χ4v) is 14.4. The molecule has 9 amide bonds. The predicted octanol–water partition coefficient (Wildman–Crippen LogP) is 7.96. The second-order valence-electron chi connectivity index (χ2n) is 28.5. The minimum Gasteiger partial charge on any atom is -0.445 e. The van der Waals surface area contributed by atoms with Crippen molar-refractivity contribution in [2.24, 2.45) is 11.8 Å². The number of H-pyrrole nitrogens is 1. The van der Waals surface area contributed by atoms with Gasteiger partial charge in [0.1, 0.15) is 48.0 Å². The van der Waals surface area contributed by atoms with Gasteiger partial charge in [0.05, 0.1) is 37.4 Å². The number of nitrogens with one attached hydrogen (secondary N) is 10. The highest BCUT2D eigenvalue weighted by Gasteiger charge is 2.52. The van der Waals surface area contributed by atoms with Crippen molar-refractivity contribution in [2.45, 2.75) is 203 Å². The van der Waals surface area contributed by atoms with Gasteiger partial charge in [0.25, 0.3) is 0 Å². The van der Waals surface area contributed by atoms with E-state index in [9.17, 15) is 47.9 Å². The Morgan fingerprint density at radius 3 is 1.59 bits per heavy atom. The molecule has 5 aromatic carbocycles. The van der Waals surface area contributed by atoms with Crippen LogP contribution in [-0.4, -0.2) is 154 Å². The zero-order chi connectivity index (χ0) is 73.6. The molecule has 24 heteroatoms. The molecule has 4 fully saturated rings. The van der Waals surface area contributed by atoms with Crippen LogP contribution in [-0.2, 0) is 84.9 Å². The molecule has 5 heterocycles. The lowest BCUT2D eigenvalue weighted by atomic mass is 9.93. The number of urea groups is 1. The lowest BCUT2D eigenvalue weighted by Crippen LogP contribution is -2.59. The molecule has 103 heavy (non-hydrogen) atoms. The first kappa shape index (κ1) is 77.8. The molecule has 0 spiro atoms. The lowest BCUT2D eigenvalue weighted by Gasteiger charge is -2.28. The fourth-order valence-electron chi connectivity index (χ4n) is 12.9. The number of para-hydroxylation sites is 1. The van der Waals surface area contributed by atoms with Gasteiger partial charge in [-0.1, -0.05) is 181 Å². The third kappa shape index (κ3) is 23.3. The predicted molar refractivity (Wildman–Crippen MR) is 394 cm³/mol. The highest BCUT2D eigenvalue weighted by Crippen LogP contribution is 2.34. The highest BCUT2D eigenvalue weighted by molar-refractivity contribution is 8.00. The standard InChI is InChI=1S/C44H62N6O7S.C35H38N4O6/c1-27(2)22-32(39(52)44(5)26-57-44)46-42(55)34(24-30-16-10-7-11-17-30)48-41(54)33(23-28(3)4)47-40(53)31(21-20-29-14-8-6-9-15-29)45-37(51)19-13-12-18-36-38-35(25-58-36)49-43(56)50-38;1-3-27(39-34(43)44-21-24-14-8-5-9-15-24)32(41)38-30(19-25-20-36-28-17-11-10-16-26(25)28)33(42)37-29(31(40)35(2)22-45-35)18-23-12-6-4-7-13-23/h6-11,14-17,27-28,31-36,38H,12-13,18-26H2,1-5H3,(H,45,51)(H,46,55)(H,47,53)(H,48,54)(H2,49,50,56);4-17,20,27,29-30,36H,3,18-19,21-22H2,1-2H3,(H,37,42)(H,38,41)(H,39,43)/t31-,32-,33-,34-,35-,36-,38-,44+;27-,29+,30+,35-/m01/s1. The summed E-state index contributed by atoms with van der Waals surface area (Å²) in [5.41, 5.74) is 3.33. The third-order valence-electron chi connectivity index (χ3n) is 19.0. The molecule has 0 aliphatic carbocycles. The van der Waals surface area contributed by atoms with Gasteiger partial charge >= 0.3 is 12.1 Å². The number of unbranched alkanes of at least 4 members (excludes halogenated alkanes) is 1. The van der Waals surface area contributed by atoms with Gasteiger partial charge in [-0.25, -0.2) is 9.59 Å². The zero-order valence-corrected chi connectivity index (χ0v) is 60.7. The highest BCUT2D eigenvalue weighted by atomic mass is 32.2. The molecule has 0 saturated carbocycles. The molecular formula is C79H100N10O13S. The largest absolute Gasteiger partial charge is 0.445 e. The van der Waals surface area contributed by atoms with E-state index in [0.29, 0.717) is 37.5 Å². The van der Waals surface area contributed by atoms with Crippen LogP contribution >= 0.6 is 11.8 Å². The summed E-state index contributed by atoms with van der Waals surface area (Å²) in [7, 11) is 0. The van der Waals surface area contributed by atoms with Crippen molar-refractivity contribution in [1.82, 2.24) is 52.8 Å². The number of benzene rings is 5. The number of aryl methyl sites for hydroxylation is 1. The van der Waals surface area contributed by atoms with Gasteiger partial charge in [0.2, 0.25) is 35.4 Å². The maximum Gasteiger partial charge on any atom is 0.408 e. The van der Waals surface area contributed by atoms with Crippen molar-refractivity contribution < 1.29 is 62.2 Å². The van der Waals surface area contributed by atoms with Crippen molar-refractivity contribution in [3.63, 3.8) is 0 Å². The van der Waals surface area contributed by atoms with Gasteiger partial charge in [-0.05, 0) is 111 Å². The van der Waals surface area contributed by atoms with Crippen molar-refractivity contribution in [3.8, 4) is 0 Å². The van der Waals surface area contributed by atoms with Crippen LogP contribution in [0.25, 0.3) is 10.9 Å². The Morgan fingerprint density at radius 2 is 1.01 bits per heavy atom. The Balaban J connectivity index is 0.000000247. The monoisotopic (exact) mass is 1430 g/mol. The van der Waals surface area contributed by atoms with Crippen LogP contribution in [0.15, 0.2) is 152 Å². The van der Waals surface area contributed by atoms with E-state index in [2.05, 4.69) is 52.8 Å². The molecule has 0 bridgehead atoms. The summed E-state index contributed by atoms with van der Waals surface area (Å²) in [6.45, 7) is 13.6. The molecule has 4 saturated heterocycles. The topological polar surface area (TPSA) is 329 Å². The number of alkyl carbamates (subject to hydrolysis) is 1. The third-order valence-corrected chi connectivity index (χ3v) is 20.5. The van der Waals surface area contributed by atoms with Gasteiger partial charge < -0.3 is 67.0 Å². The minimum atomic E-state index is -1.05. The molecule has 4 aliphatic heterocycles. The summed E-state index contributed by atoms with van der Waals surface area (Å²) in [4.78, 5) is 137. The van der Waals surface area contributed by atoms with Crippen molar-refractivity contribution in [3.05, 3.63) is 180 Å². The van der Waals surface area contributed by atoms with Crippen LogP contribution in [0.2, 0.25) is 0 Å². The number of hydrogen-bond acceptors (Lipinski definition) is 14. The molecule has 0 unspecified atom stereocenters. The van der Waals surface area contributed by atoms with Crippen LogP contribution in [0.1, 0.15) is 128 Å². The van der Waals surface area contributed by atoms with Crippen LogP contribution < -0.4 is 47.9 Å². The minimum absolute atomic E-state index is 0.00350. The average Bonchev–Trinajstić information content (AvgIpc) is 1.66. The molecular weight excluding hydrogens is 1330 g/mol. The van der Waals surface area contributed by atoms with Gasteiger partial charge in [-0.3, -0.25) is 38.4 Å². The first-order valence-electron chi connectivity index (χ1n) is 36.0. The van der Waals surface area contributed by atoms with Crippen LogP contribution in [0.4, 0.5) is 9.59 Å². The number of carbonyl (C=O) groups excluding carboxylic acids is 10. The first-order chi connectivity index (χ1) is 49.5. The number of Topliss-reactive ketones (excluding diaryl/α,β-unsaturated/α-hetero) is 2. The molecule has 550 valence electrons. The molecule has 4 aliphatic rings. The number of ketones is 2. The maximum absolute atomic E-state index is 14.2. The number of amides is 9. The molecule has 23 nitrogen and oxygen atoms in total. The second kappa shape index (κ2) is 37.2. The molecule has 10 rings (SSSR count). The SMILES string of the molecule is CC(C)C[C@H](NC(=O)[C@H](CCc1ccccc1)NC(=O)CCCC[C@@H]1SC[C@@H]2NC(=O)N[C@@H]21)C(=O)N[C@@H](Cc1ccccc1)C(=O)N[C@@H](CC(C)C)C(=O)[C@@]1(C)CO1.CC[C@@H](NC(=O)OCc1ccccc1)C(=O)N[C@@H](Cc1c[nH]c2ccccc12)C(=O)N[C@@H](Cc1ccccc1)C(=O)[C@@]1(C)CO1. The van der Waals surface area contributed by atoms with E-state index in [1.165, 1.54) is 0 Å². The number of aromatic amines is 1. The van der Waals surface area contributed by atoms with Crippen LogP contribution in [0.3, 0.4) is 0 Å². The number of ether oxygens (including phenoxy) is 3. The van der Waals surface area contributed by atoms with Crippen LogP contribution in [0, 0.1) is 11.8 Å². The van der Waals surface area contributed by atoms with Gasteiger partial charge in [-0.2, -0.15) is 11.8 Å². The number of epoxide rings is 2. The average molecular weight is 1430 g/mol. The van der Waals surface area contributed by atoms with Gasteiger partial charge in [-0.15, -0.1) is 0 Å². The molecule has 1 aromatic heterocycles. The summed E-state index contributed by atoms with van der Waals surface area (Å²) >= 11 is 1.84. The Labute approximate surface area is 607 Å². The number of aromatic nitrogens is 1. The molecule has 0 radical (unpaired) electrons. The molecule has 12 atom stereocenters. The van der Waals surface area contributed by atoms with E-state index < -0.39 is 89.1 Å². The van der Waals surface area contributed by atoms with Crippen molar-refractivity contribution in [1.29, 1.82) is 0 Å². The van der Waals surface area contributed by atoms with E-state index >= 15 is 0 Å². The summed E-state index contributed by atoms with van der Waals surface area (Å²) in [6.07, 6.45) is 6.00. The Hall–Kier alpha value is -9.39. The van der Waals surface area contributed by atoms with Crippen molar-refractivity contribution in [2.75, 3.05) is 19.0 Å². The van der Waals surface area contributed by atoms with Crippen molar-refractivity contribution >= 4 is 81.8 Å². The number of rotatable bonds is 37. The van der Waals surface area contributed by atoms with E-state index in [-0.39, 0.29) is 99.2 Å². The number of carbonyl (C=O) groups is 10. The summed E-state index contributed by atoms with van der Waals surface area (Å²) in [5.74, 6) is -2.27. The molecule has 10 N–H and O–H groups in total. The van der Waals surface area contributed by atoms with E-state index in [0.717, 1.165) is 57.3 Å². The number of thioether (sulfide) groups is 1. The summed E-state index contributed by atoms with van der Waals surface area (Å²) in [6, 6.07) is 38.8. The zero-order valence-electron chi connectivity index (χ0n) is 59.9. The quantitative estimate of drug-likeness (QED) is 0.0101. The fraction of sp³-hybridized carbons (Fsp3) is 0.468. The van der Waals surface area contributed by atoms with E-state index in [1.54, 1.807) is 27.0 Å². The van der Waals surface area contributed by atoms with E-state index in [1.807, 2.05) is 185 Å². The summed E-state index contributed by atoms with van der Waals surface area (Å²) < 4.78 is 16.1. The number of hydrogen-bond donors (Lipinski definition) is 10. The van der Waals surface area contributed by atoms with Gasteiger partial charge in [0, 0.05) is 47.4 Å². The summed E-state index contributed by atoms with van der Waals surface area (Å²) in [5, 5.41) is 27.2. The first-order valence-corrected chi connectivity index (χ1v) is 37.0. The maximum atomic E-state index is 14.2. The second-order valence-corrected chi connectivity index (χ2v) is 29.7. The smallest absolute Gasteiger partial charge is 0.408 e. The number of fused-ring (bicyclic) bond motifs is 2. The Kier molecular flexibility index (Phi) is 28.1. The Bertz CT molecular complexity index is 3850. The Morgan fingerprint density at radius 1 is 0.534 bits per heavy atom. The molecule has 6 aromatic rings. The van der Waals surface area contributed by atoms with Gasteiger partial charge in [0.15, 0.2) is 11.6 Å².